The van der Waals surface area contributed by atoms with E-state index in [0.717, 1.165) is 29.1 Å². The third-order valence-corrected chi connectivity index (χ3v) is 5.52. The van der Waals surface area contributed by atoms with Crippen LogP contribution in [0.3, 0.4) is 0 Å². The SMILES string of the molecule is Cc1cccc(OCC2CCCN(C(=O)CN3C(=O)c4ccccc4C3=O)C2)c1. The molecule has 0 aliphatic carbocycles. The molecule has 150 valence electrons. The van der Waals surface area contributed by atoms with Gasteiger partial charge in [0, 0.05) is 19.0 Å². The van der Waals surface area contributed by atoms with E-state index in [2.05, 4.69) is 0 Å². The summed E-state index contributed by atoms with van der Waals surface area (Å²) < 4.78 is 5.91. The van der Waals surface area contributed by atoms with Gasteiger partial charge in [0.1, 0.15) is 12.3 Å². The smallest absolute Gasteiger partial charge is 0.262 e. The second-order valence-corrected chi connectivity index (χ2v) is 7.72. The molecule has 0 N–H and O–H groups in total. The molecule has 2 aliphatic rings. The van der Waals surface area contributed by atoms with E-state index in [1.54, 1.807) is 29.2 Å². The topological polar surface area (TPSA) is 66.9 Å². The van der Waals surface area contributed by atoms with Crippen LogP contribution in [-0.2, 0) is 4.79 Å². The number of carbonyl (C=O) groups excluding carboxylic acids is 3. The van der Waals surface area contributed by atoms with Crippen LogP contribution in [0.15, 0.2) is 48.5 Å². The van der Waals surface area contributed by atoms with Crippen LogP contribution >= 0.6 is 0 Å². The monoisotopic (exact) mass is 392 g/mol. The van der Waals surface area contributed by atoms with Gasteiger partial charge in [0.25, 0.3) is 11.8 Å². The summed E-state index contributed by atoms with van der Waals surface area (Å²) in [6.07, 6.45) is 1.87. The van der Waals surface area contributed by atoms with Crippen LogP contribution in [0.25, 0.3) is 0 Å². The van der Waals surface area contributed by atoms with E-state index >= 15 is 0 Å². The summed E-state index contributed by atoms with van der Waals surface area (Å²) in [7, 11) is 0. The van der Waals surface area contributed by atoms with Gasteiger partial charge in [-0.05, 0) is 49.6 Å². The van der Waals surface area contributed by atoms with Gasteiger partial charge in [-0.3, -0.25) is 19.3 Å². The first-order chi connectivity index (χ1) is 14.0. The molecule has 4 rings (SSSR count). The van der Waals surface area contributed by atoms with Crippen molar-refractivity contribution in [2.45, 2.75) is 19.8 Å². The van der Waals surface area contributed by atoms with Crippen molar-refractivity contribution >= 4 is 17.7 Å². The molecule has 0 radical (unpaired) electrons. The van der Waals surface area contributed by atoms with Gasteiger partial charge < -0.3 is 9.64 Å². The van der Waals surface area contributed by atoms with E-state index in [1.807, 2.05) is 31.2 Å². The molecule has 1 saturated heterocycles. The first-order valence-electron chi connectivity index (χ1n) is 9.95. The van der Waals surface area contributed by atoms with E-state index in [1.165, 1.54) is 0 Å². The second kappa shape index (κ2) is 8.07. The lowest BCUT2D eigenvalue weighted by Crippen LogP contribution is -2.47. The number of hydrogen-bond donors (Lipinski definition) is 0. The Balaban J connectivity index is 1.34. The molecule has 1 unspecified atom stereocenters. The highest BCUT2D eigenvalue weighted by Gasteiger charge is 2.37. The third kappa shape index (κ3) is 4.01. The van der Waals surface area contributed by atoms with Gasteiger partial charge >= 0.3 is 0 Å². The van der Waals surface area contributed by atoms with Crippen LogP contribution in [0.5, 0.6) is 5.75 Å². The van der Waals surface area contributed by atoms with Gasteiger partial charge in [-0.15, -0.1) is 0 Å². The molecule has 2 aromatic rings. The molecule has 29 heavy (non-hydrogen) atoms. The van der Waals surface area contributed by atoms with Gasteiger partial charge in [-0.1, -0.05) is 24.3 Å². The lowest BCUT2D eigenvalue weighted by atomic mass is 9.99. The maximum atomic E-state index is 12.8. The Morgan fingerprint density at radius 2 is 1.79 bits per heavy atom. The van der Waals surface area contributed by atoms with E-state index in [9.17, 15) is 14.4 Å². The standard InChI is InChI=1S/C23H24N2O4/c1-16-6-4-8-18(12-16)29-15-17-7-5-11-24(13-17)21(26)14-25-22(27)19-9-2-3-10-20(19)23(25)28/h2-4,6,8-10,12,17H,5,7,11,13-15H2,1H3. The summed E-state index contributed by atoms with van der Waals surface area (Å²) in [4.78, 5) is 40.6. The largest absolute Gasteiger partial charge is 0.493 e. The predicted octanol–water partition coefficient (Wildman–Crippen LogP) is 2.91. The number of ether oxygens (including phenoxy) is 1. The number of amides is 3. The van der Waals surface area contributed by atoms with Crippen molar-refractivity contribution in [2.24, 2.45) is 5.92 Å². The Kier molecular flexibility index (Phi) is 5.34. The molecule has 0 spiro atoms. The average molecular weight is 392 g/mol. The Hall–Kier alpha value is -3.15. The number of aryl methyl sites for hydroxylation is 1. The number of rotatable bonds is 5. The summed E-state index contributed by atoms with van der Waals surface area (Å²) in [6.45, 7) is 3.57. The summed E-state index contributed by atoms with van der Waals surface area (Å²) in [5, 5.41) is 0. The minimum absolute atomic E-state index is 0.195. The summed E-state index contributed by atoms with van der Waals surface area (Å²) in [5.41, 5.74) is 1.88. The summed E-state index contributed by atoms with van der Waals surface area (Å²) in [6, 6.07) is 14.6. The van der Waals surface area contributed by atoms with Crippen LogP contribution in [0, 0.1) is 12.8 Å². The van der Waals surface area contributed by atoms with Crippen molar-refractivity contribution in [2.75, 3.05) is 26.2 Å². The fourth-order valence-electron chi connectivity index (χ4n) is 3.96. The zero-order valence-corrected chi connectivity index (χ0v) is 16.5. The van der Waals surface area contributed by atoms with E-state index in [-0.39, 0.29) is 18.4 Å². The van der Waals surface area contributed by atoms with Gasteiger partial charge in [-0.25, -0.2) is 0 Å². The zero-order valence-electron chi connectivity index (χ0n) is 16.5. The lowest BCUT2D eigenvalue weighted by molar-refractivity contribution is -0.133. The molecular weight excluding hydrogens is 368 g/mol. The van der Waals surface area contributed by atoms with Gasteiger partial charge in [0.05, 0.1) is 17.7 Å². The summed E-state index contributed by atoms with van der Waals surface area (Å²) in [5.74, 6) is 0.0835. The number of carbonyl (C=O) groups is 3. The van der Waals surface area contributed by atoms with Gasteiger partial charge in [0.15, 0.2) is 0 Å². The van der Waals surface area contributed by atoms with Gasteiger partial charge in [-0.2, -0.15) is 0 Å². The van der Waals surface area contributed by atoms with Crippen LogP contribution in [0.2, 0.25) is 0 Å². The molecule has 1 atom stereocenters. The number of imide groups is 1. The average Bonchev–Trinajstić information content (AvgIpc) is 2.98. The number of fused-ring (bicyclic) bond motifs is 1. The first kappa shape index (κ1) is 19.2. The predicted molar refractivity (Wildman–Crippen MR) is 108 cm³/mol. The van der Waals surface area contributed by atoms with Crippen LogP contribution in [0.4, 0.5) is 0 Å². The molecular formula is C23H24N2O4. The molecule has 3 amide bonds. The van der Waals surface area contributed by atoms with Crippen molar-refractivity contribution < 1.29 is 19.1 Å². The van der Waals surface area contributed by atoms with Crippen molar-refractivity contribution in [3.8, 4) is 5.75 Å². The molecule has 6 heteroatoms. The van der Waals surface area contributed by atoms with Crippen molar-refractivity contribution in [3.63, 3.8) is 0 Å². The van der Waals surface area contributed by atoms with Crippen molar-refractivity contribution in [3.05, 3.63) is 65.2 Å². The lowest BCUT2D eigenvalue weighted by Gasteiger charge is -2.33. The maximum absolute atomic E-state index is 12.8. The quantitative estimate of drug-likeness (QED) is 0.734. The molecule has 0 bridgehead atoms. The van der Waals surface area contributed by atoms with Crippen LogP contribution in [-0.4, -0.2) is 53.8 Å². The molecule has 0 saturated carbocycles. The van der Waals surface area contributed by atoms with Crippen molar-refractivity contribution in [1.82, 2.24) is 9.80 Å². The third-order valence-electron chi connectivity index (χ3n) is 5.52. The minimum atomic E-state index is -0.393. The molecule has 1 fully saturated rings. The Bertz CT molecular complexity index is 920. The molecule has 2 heterocycles. The molecule has 0 aromatic heterocycles. The highest BCUT2D eigenvalue weighted by molar-refractivity contribution is 6.22. The number of hydrogen-bond acceptors (Lipinski definition) is 4. The first-order valence-corrected chi connectivity index (χ1v) is 9.95. The maximum Gasteiger partial charge on any atom is 0.262 e. The number of nitrogens with zero attached hydrogens (tertiary/aromatic N) is 2. The van der Waals surface area contributed by atoms with Crippen LogP contribution in [0.1, 0.15) is 39.1 Å². The second-order valence-electron chi connectivity index (χ2n) is 7.72. The Morgan fingerprint density at radius 3 is 2.48 bits per heavy atom. The van der Waals surface area contributed by atoms with E-state index < -0.39 is 11.8 Å². The minimum Gasteiger partial charge on any atom is -0.493 e. The number of benzene rings is 2. The number of piperidine rings is 1. The van der Waals surface area contributed by atoms with E-state index in [0.29, 0.717) is 30.8 Å². The number of likely N-dealkylation sites (tertiary alicyclic amines) is 1. The normalized spacial score (nSPS) is 18.7. The fourth-order valence-corrected chi connectivity index (χ4v) is 3.96. The van der Waals surface area contributed by atoms with Crippen LogP contribution < -0.4 is 4.74 Å². The van der Waals surface area contributed by atoms with Gasteiger partial charge in [0.2, 0.25) is 5.91 Å². The fraction of sp³-hybridized carbons (Fsp3) is 0.348. The highest BCUT2D eigenvalue weighted by Crippen LogP contribution is 2.24. The Labute approximate surface area is 170 Å². The Morgan fingerprint density at radius 1 is 1.07 bits per heavy atom. The molecule has 2 aliphatic heterocycles. The molecule has 2 aromatic carbocycles. The van der Waals surface area contributed by atoms with Crippen molar-refractivity contribution in [1.29, 1.82) is 0 Å². The molecule has 6 nitrogen and oxygen atoms in total. The van der Waals surface area contributed by atoms with E-state index in [4.69, 9.17) is 4.74 Å². The zero-order chi connectivity index (χ0) is 20.4. The summed E-state index contributed by atoms with van der Waals surface area (Å²) >= 11 is 0. The highest BCUT2D eigenvalue weighted by atomic mass is 16.5.